The molecule has 0 amide bonds. The highest BCUT2D eigenvalue weighted by Gasteiger charge is 2.26. The second-order valence-corrected chi connectivity index (χ2v) is 6.27. The van der Waals surface area contributed by atoms with Crippen LogP contribution >= 0.6 is 10.7 Å². The number of halogens is 1. The number of likely N-dealkylation sites (tertiary alicyclic amines) is 1. The van der Waals surface area contributed by atoms with Crippen LogP contribution in [0.15, 0.2) is 17.3 Å². The van der Waals surface area contributed by atoms with Crippen LogP contribution in [0.5, 0.6) is 0 Å². The average Bonchev–Trinajstić information content (AvgIpc) is 2.68. The minimum atomic E-state index is -3.69. The third-order valence-corrected chi connectivity index (χ3v) is 3.89. The molecule has 0 N–H and O–H groups in total. The third-order valence-electron chi connectivity index (χ3n) is 2.60. The molecule has 0 saturated carbocycles. The smallest absolute Gasteiger partial charge is 0.278 e. The molecular weight excluding hydrogens is 238 g/mol. The summed E-state index contributed by atoms with van der Waals surface area (Å²) >= 11 is 0. The molecule has 15 heavy (non-hydrogen) atoms. The van der Waals surface area contributed by atoms with Gasteiger partial charge in [0, 0.05) is 17.2 Å². The lowest BCUT2D eigenvalue weighted by Gasteiger charge is -2.12. The lowest BCUT2D eigenvalue weighted by Crippen LogP contribution is -2.19. The maximum Gasteiger partial charge on any atom is 0.278 e. The van der Waals surface area contributed by atoms with Crippen LogP contribution in [0.4, 0.5) is 0 Å². The topological polar surface area (TPSA) is 55.2 Å². The Kier molecular flexibility index (Phi) is 2.74. The Balaban J connectivity index is 2.34. The number of rotatable bonds is 2. The van der Waals surface area contributed by atoms with E-state index in [9.17, 15) is 8.42 Å². The van der Waals surface area contributed by atoms with E-state index in [1.807, 2.05) is 7.05 Å². The first-order valence-corrected chi connectivity index (χ1v) is 6.96. The molecule has 0 aliphatic carbocycles. The third kappa shape index (κ3) is 2.16. The molecular formula is C8H12ClN3O2S. The van der Waals surface area contributed by atoms with Crippen molar-refractivity contribution in [2.45, 2.75) is 17.5 Å². The molecule has 84 valence electrons. The van der Waals surface area contributed by atoms with Crippen molar-refractivity contribution in [2.24, 2.45) is 0 Å². The van der Waals surface area contributed by atoms with Crippen molar-refractivity contribution < 1.29 is 8.42 Å². The van der Waals surface area contributed by atoms with Crippen LogP contribution < -0.4 is 0 Å². The first-order valence-electron chi connectivity index (χ1n) is 4.65. The van der Waals surface area contributed by atoms with Crippen LogP contribution in [0.3, 0.4) is 0 Å². The summed E-state index contributed by atoms with van der Waals surface area (Å²) in [7, 11) is 3.63. The highest BCUT2D eigenvalue weighted by atomic mass is 35.7. The van der Waals surface area contributed by atoms with Gasteiger partial charge in [-0.2, -0.15) is 5.10 Å². The molecule has 2 heterocycles. The summed E-state index contributed by atoms with van der Waals surface area (Å²) in [6, 6.07) is 1.54. The summed E-state index contributed by atoms with van der Waals surface area (Å²) in [6.07, 6.45) is 2.37. The average molecular weight is 250 g/mol. The molecule has 1 unspecified atom stereocenters. The van der Waals surface area contributed by atoms with E-state index in [1.165, 1.54) is 16.9 Å². The lowest BCUT2D eigenvalue weighted by atomic mass is 10.3. The van der Waals surface area contributed by atoms with Crippen molar-refractivity contribution in [1.82, 2.24) is 14.7 Å². The van der Waals surface area contributed by atoms with Gasteiger partial charge in [0.05, 0.1) is 12.2 Å². The predicted molar refractivity (Wildman–Crippen MR) is 56.4 cm³/mol. The SMILES string of the molecule is CN1CCC(n2nccc2S(=O)(=O)Cl)C1. The van der Waals surface area contributed by atoms with E-state index in [2.05, 4.69) is 10.00 Å². The molecule has 1 aliphatic heterocycles. The normalized spacial score (nSPS) is 23.5. The molecule has 1 saturated heterocycles. The molecule has 0 spiro atoms. The van der Waals surface area contributed by atoms with Gasteiger partial charge in [0.15, 0.2) is 5.03 Å². The van der Waals surface area contributed by atoms with Crippen LogP contribution in [0, 0.1) is 0 Å². The van der Waals surface area contributed by atoms with E-state index in [4.69, 9.17) is 10.7 Å². The molecule has 0 bridgehead atoms. The standard InChI is InChI=1S/C8H12ClN3O2S/c1-11-5-3-7(6-11)12-8(2-4-10-12)15(9,13)14/h2,4,7H,3,5-6H2,1H3. The van der Waals surface area contributed by atoms with Gasteiger partial charge in [-0.1, -0.05) is 0 Å². The number of hydrogen-bond acceptors (Lipinski definition) is 4. The zero-order chi connectivity index (χ0) is 11.1. The summed E-state index contributed by atoms with van der Waals surface area (Å²) < 4.78 is 24.0. The molecule has 0 aromatic carbocycles. The summed E-state index contributed by atoms with van der Waals surface area (Å²) in [5.41, 5.74) is 0. The molecule has 7 heteroatoms. The number of likely N-dealkylation sites (N-methyl/N-ethyl adjacent to an activating group) is 1. The van der Waals surface area contributed by atoms with Crippen molar-refractivity contribution in [3.05, 3.63) is 12.3 Å². The second kappa shape index (κ2) is 3.77. The van der Waals surface area contributed by atoms with Gasteiger partial charge in [-0.25, -0.2) is 13.1 Å². The molecule has 1 aromatic rings. The minimum Gasteiger partial charge on any atom is -0.304 e. The Morgan fingerprint density at radius 1 is 1.60 bits per heavy atom. The Labute approximate surface area is 93.0 Å². The minimum absolute atomic E-state index is 0.0875. The zero-order valence-corrected chi connectivity index (χ0v) is 9.87. The fraction of sp³-hybridized carbons (Fsp3) is 0.625. The quantitative estimate of drug-likeness (QED) is 0.724. The van der Waals surface area contributed by atoms with Crippen LogP contribution in [0.25, 0.3) is 0 Å². The molecule has 1 fully saturated rings. The van der Waals surface area contributed by atoms with Crippen molar-refractivity contribution in [3.63, 3.8) is 0 Å². The van der Waals surface area contributed by atoms with Crippen LogP contribution in [0.2, 0.25) is 0 Å². The fourth-order valence-corrected chi connectivity index (χ4v) is 2.89. The van der Waals surface area contributed by atoms with E-state index >= 15 is 0 Å². The Bertz CT molecular complexity index is 456. The first kappa shape index (κ1) is 10.9. The van der Waals surface area contributed by atoms with E-state index in [0.717, 1.165) is 19.5 Å². The molecule has 0 radical (unpaired) electrons. The van der Waals surface area contributed by atoms with Gasteiger partial charge in [-0.3, -0.25) is 0 Å². The van der Waals surface area contributed by atoms with Crippen LogP contribution in [0.1, 0.15) is 12.5 Å². The van der Waals surface area contributed by atoms with Gasteiger partial charge in [-0.05, 0) is 26.1 Å². The van der Waals surface area contributed by atoms with Gasteiger partial charge in [-0.15, -0.1) is 0 Å². The van der Waals surface area contributed by atoms with E-state index in [1.54, 1.807) is 0 Å². The summed E-state index contributed by atoms with van der Waals surface area (Å²) in [5, 5.41) is 4.11. The van der Waals surface area contributed by atoms with Gasteiger partial charge in [0.25, 0.3) is 9.05 Å². The summed E-state index contributed by atoms with van der Waals surface area (Å²) in [4.78, 5) is 2.14. The summed E-state index contributed by atoms with van der Waals surface area (Å²) in [5.74, 6) is 0. The maximum absolute atomic E-state index is 11.2. The molecule has 5 nitrogen and oxygen atoms in total. The maximum atomic E-state index is 11.2. The van der Waals surface area contributed by atoms with E-state index in [0.29, 0.717) is 0 Å². The Hall–Kier alpha value is -0.590. The van der Waals surface area contributed by atoms with Gasteiger partial charge < -0.3 is 4.90 Å². The molecule has 2 rings (SSSR count). The van der Waals surface area contributed by atoms with E-state index < -0.39 is 9.05 Å². The van der Waals surface area contributed by atoms with Crippen molar-refractivity contribution in [2.75, 3.05) is 20.1 Å². The largest absolute Gasteiger partial charge is 0.304 e. The van der Waals surface area contributed by atoms with Crippen molar-refractivity contribution in [3.8, 4) is 0 Å². The second-order valence-electron chi connectivity index (χ2n) is 3.76. The highest BCUT2D eigenvalue weighted by molar-refractivity contribution is 8.13. The number of hydrogen-bond donors (Lipinski definition) is 0. The fourth-order valence-electron chi connectivity index (χ4n) is 1.88. The molecule has 1 aromatic heterocycles. The van der Waals surface area contributed by atoms with Gasteiger partial charge in [0.1, 0.15) is 0 Å². The lowest BCUT2D eigenvalue weighted by molar-refractivity contribution is 0.370. The monoisotopic (exact) mass is 249 g/mol. The molecule has 1 aliphatic rings. The van der Waals surface area contributed by atoms with E-state index in [-0.39, 0.29) is 11.1 Å². The van der Waals surface area contributed by atoms with Crippen molar-refractivity contribution in [1.29, 1.82) is 0 Å². The van der Waals surface area contributed by atoms with Crippen LogP contribution in [-0.2, 0) is 9.05 Å². The Morgan fingerprint density at radius 3 is 2.87 bits per heavy atom. The predicted octanol–water partition coefficient (Wildman–Crippen LogP) is 0.687. The van der Waals surface area contributed by atoms with Crippen molar-refractivity contribution >= 4 is 19.7 Å². The summed E-state index contributed by atoms with van der Waals surface area (Å²) in [6.45, 7) is 1.76. The van der Waals surface area contributed by atoms with Gasteiger partial charge >= 0.3 is 0 Å². The van der Waals surface area contributed by atoms with Crippen LogP contribution in [-0.4, -0.2) is 43.2 Å². The highest BCUT2D eigenvalue weighted by Crippen LogP contribution is 2.24. The number of nitrogens with zero attached hydrogens (tertiary/aromatic N) is 3. The first-order chi connectivity index (χ1) is 6.98. The molecule has 1 atom stereocenters. The zero-order valence-electron chi connectivity index (χ0n) is 8.30. The van der Waals surface area contributed by atoms with Gasteiger partial charge in [0.2, 0.25) is 0 Å². The number of aromatic nitrogens is 2. The Morgan fingerprint density at radius 2 is 2.33 bits per heavy atom.